The van der Waals surface area contributed by atoms with Crippen LogP contribution in [0.25, 0.3) is 0 Å². The highest BCUT2D eigenvalue weighted by Gasteiger charge is 2.51. The lowest BCUT2D eigenvalue weighted by molar-refractivity contribution is -0.289. The third-order valence-electron chi connectivity index (χ3n) is 8.42. The number of phenolic OH excluding ortho intramolecular Hbond substituents is 1. The highest BCUT2D eigenvalue weighted by Crippen LogP contribution is 2.34. The summed E-state index contributed by atoms with van der Waals surface area (Å²) in [5.41, 5.74) is -1.19. The van der Waals surface area contributed by atoms with Crippen LogP contribution in [0.1, 0.15) is 26.3 Å². The fraction of sp³-hybridized carbons (Fsp3) is 0.429. The molecule has 2 aliphatic heterocycles. The van der Waals surface area contributed by atoms with Gasteiger partial charge in [0.05, 0.1) is 45.7 Å². The standard InChI is InChI=1S/C35H40O17/c1-44-22-11-7-20(13-25(22)46-3)32(42)49-16-35(43)17-50-34(30(35)40)48-15-26-27(37)28(38)29(39)33(52-26)51-23-10-4-18(12-24(23)45-2)14-47-31(41)19-5-8-21(36)9-6-19/h4-13,26-30,33-34,36-40,43H,14-17H2,1-3H3/t26-,27-,28+,29-,30+,33-,34-,35-/m0/s1. The van der Waals surface area contributed by atoms with Gasteiger partial charge in [-0.3, -0.25) is 0 Å². The summed E-state index contributed by atoms with van der Waals surface area (Å²) in [4.78, 5) is 25.0. The molecule has 8 atom stereocenters. The number of methoxy groups -OCH3 is 3. The van der Waals surface area contributed by atoms with Crippen LogP contribution in [0, 0.1) is 0 Å². The van der Waals surface area contributed by atoms with Crippen molar-refractivity contribution in [3.05, 3.63) is 77.4 Å². The molecule has 5 rings (SSSR count). The topological polar surface area (TPSA) is 239 Å². The van der Waals surface area contributed by atoms with E-state index >= 15 is 0 Å². The Morgan fingerprint density at radius 3 is 2.08 bits per heavy atom. The van der Waals surface area contributed by atoms with Crippen LogP contribution < -0.4 is 18.9 Å². The van der Waals surface area contributed by atoms with Gasteiger partial charge in [-0.2, -0.15) is 0 Å². The van der Waals surface area contributed by atoms with Gasteiger partial charge in [-0.25, -0.2) is 9.59 Å². The highest BCUT2D eigenvalue weighted by atomic mass is 16.7. The normalized spacial score (nSPS) is 27.0. The third-order valence-corrected chi connectivity index (χ3v) is 8.42. The van der Waals surface area contributed by atoms with Crippen molar-refractivity contribution in [1.29, 1.82) is 0 Å². The third kappa shape index (κ3) is 8.66. The van der Waals surface area contributed by atoms with Crippen molar-refractivity contribution in [2.45, 2.75) is 55.3 Å². The fourth-order valence-electron chi connectivity index (χ4n) is 5.35. The molecule has 0 unspecified atom stereocenters. The monoisotopic (exact) mass is 732 g/mol. The molecular weight excluding hydrogens is 692 g/mol. The first-order valence-corrected chi connectivity index (χ1v) is 15.9. The van der Waals surface area contributed by atoms with Gasteiger partial charge in [0.15, 0.2) is 34.9 Å². The molecule has 17 nitrogen and oxygen atoms in total. The van der Waals surface area contributed by atoms with Crippen LogP contribution in [-0.2, 0) is 30.3 Å². The van der Waals surface area contributed by atoms with Crippen LogP contribution in [0.15, 0.2) is 60.7 Å². The molecule has 2 heterocycles. The Morgan fingerprint density at radius 1 is 0.750 bits per heavy atom. The van der Waals surface area contributed by atoms with Crippen LogP contribution in [0.4, 0.5) is 0 Å². The highest BCUT2D eigenvalue weighted by molar-refractivity contribution is 5.90. The second-order valence-corrected chi connectivity index (χ2v) is 11.9. The molecule has 3 aromatic rings. The maximum absolute atomic E-state index is 12.6. The van der Waals surface area contributed by atoms with E-state index in [-0.39, 0.29) is 40.7 Å². The average Bonchev–Trinajstić information content (AvgIpc) is 3.44. The van der Waals surface area contributed by atoms with Crippen LogP contribution in [0.2, 0.25) is 0 Å². The molecule has 0 saturated carbocycles. The maximum atomic E-state index is 12.6. The zero-order chi connectivity index (χ0) is 37.6. The molecule has 0 radical (unpaired) electrons. The van der Waals surface area contributed by atoms with Gasteiger partial charge < -0.3 is 73.3 Å². The molecule has 17 heteroatoms. The first-order chi connectivity index (χ1) is 24.9. The summed E-state index contributed by atoms with van der Waals surface area (Å²) in [6.07, 6.45) is -11.2. The number of benzene rings is 3. The number of aliphatic hydroxyl groups is 5. The summed E-state index contributed by atoms with van der Waals surface area (Å²) in [5.74, 6) is -0.516. The molecule has 2 saturated heterocycles. The molecule has 6 N–H and O–H groups in total. The molecule has 0 bridgehead atoms. The molecule has 52 heavy (non-hydrogen) atoms. The number of rotatable bonds is 14. The van der Waals surface area contributed by atoms with Crippen LogP contribution >= 0.6 is 0 Å². The zero-order valence-electron chi connectivity index (χ0n) is 28.3. The average molecular weight is 733 g/mol. The van der Waals surface area contributed by atoms with Gasteiger partial charge in [-0.05, 0) is 60.2 Å². The number of ether oxygens (including phenoxy) is 9. The van der Waals surface area contributed by atoms with Gasteiger partial charge in [-0.1, -0.05) is 6.07 Å². The number of aromatic hydroxyl groups is 1. The summed E-state index contributed by atoms with van der Waals surface area (Å²) >= 11 is 0. The van der Waals surface area contributed by atoms with E-state index in [9.17, 15) is 40.2 Å². The van der Waals surface area contributed by atoms with Gasteiger partial charge >= 0.3 is 11.9 Å². The molecule has 0 aliphatic carbocycles. The first-order valence-electron chi connectivity index (χ1n) is 15.9. The van der Waals surface area contributed by atoms with E-state index in [1.165, 1.54) is 75.9 Å². The Bertz CT molecular complexity index is 1680. The fourth-order valence-corrected chi connectivity index (χ4v) is 5.35. The van der Waals surface area contributed by atoms with Gasteiger partial charge in [-0.15, -0.1) is 0 Å². The number of esters is 2. The van der Waals surface area contributed by atoms with Crippen molar-refractivity contribution >= 4 is 11.9 Å². The van der Waals surface area contributed by atoms with E-state index in [0.717, 1.165) is 0 Å². The predicted octanol–water partition coefficient (Wildman–Crippen LogP) is 0.283. The van der Waals surface area contributed by atoms with Crippen molar-refractivity contribution in [2.24, 2.45) is 0 Å². The van der Waals surface area contributed by atoms with E-state index in [1.54, 1.807) is 6.07 Å². The predicted molar refractivity (Wildman–Crippen MR) is 174 cm³/mol. The van der Waals surface area contributed by atoms with Crippen molar-refractivity contribution in [3.63, 3.8) is 0 Å². The lowest BCUT2D eigenvalue weighted by Gasteiger charge is -2.40. The number of phenols is 1. The van der Waals surface area contributed by atoms with Crippen LogP contribution in [0.5, 0.6) is 28.7 Å². The lowest BCUT2D eigenvalue weighted by atomic mass is 9.99. The molecule has 2 aliphatic rings. The molecule has 2 fully saturated rings. The molecule has 0 amide bonds. The van der Waals surface area contributed by atoms with E-state index in [4.69, 9.17) is 42.6 Å². The van der Waals surface area contributed by atoms with E-state index in [1.807, 2.05) is 0 Å². The summed E-state index contributed by atoms with van der Waals surface area (Å²) < 4.78 is 48.8. The minimum atomic E-state index is -2.06. The molecule has 3 aromatic carbocycles. The van der Waals surface area contributed by atoms with Gasteiger partial charge in [0.1, 0.15) is 49.5 Å². The number of carbonyl (C=O) groups excluding carboxylic acids is 2. The Labute approximate surface area is 297 Å². The number of aliphatic hydroxyl groups excluding tert-OH is 4. The lowest BCUT2D eigenvalue weighted by Crippen LogP contribution is -2.60. The van der Waals surface area contributed by atoms with Gasteiger partial charge in [0.25, 0.3) is 0 Å². The van der Waals surface area contributed by atoms with Crippen molar-refractivity contribution in [1.82, 2.24) is 0 Å². The second kappa shape index (κ2) is 16.7. The zero-order valence-corrected chi connectivity index (χ0v) is 28.3. The Balaban J connectivity index is 1.15. The first kappa shape index (κ1) is 38.5. The van der Waals surface area contributed by atoms with Crippen molar-refractivity contribution in [2.75, 3.05) is 41.2 Å². The largest absolute Gasteiger partial charge is 0.508 e. The second-order valence-electron chi connectivity index (χ2n) is 11.9. The summed E-state index contributed by atoms with van der Waals surface area (Å²) in [5, 5.41) is 63.0. The molecule has 0 aromatic heterocycles. The van der Waals surface area contributed by atoms with Gasteiger partial charge in [0.2, 0.25) is 6.29 Å². The Morgan fingerprint density at radius 2 is 1.38 bits per heavy atom. The molecule has 0 spiro atoms. The maximum Gasteiger partial charge on any atom is 0.338 e. The Hall–Kier alpha value is -4.72. The smallest absolute Gasteiger partial charge is 0.338 e. The van der Waals surface area contributed by atoms with Crippen LogP contribution in [0.3, 0.4) is 0 Å². The molecule has 282 valence electrons. The van der Waals surface area contributed by atoms with Gasteiger partial charge in [0, 0.05) is 0 Å². The number of carbonyl (C=O) groups is 2. The van der Waals surface area contributed by atoms with E-state index in [2.05, 4.69) is 0 Å². The van der Waals surface area contributed by atoms with E-state index < -0.39 is 80.5 Å². The quantitative estimate of drug-likeness (QED) is 0.122. The summed E-state index contributed by atoms with van der Waals surface area (Å²) in [7, 11) is 4.19. The van der Waals surface area contributed by atoms with Crippen LogP contribution in [-0.4, -0.2) is 132 Å². The Kier molecular flexibility index (Phi) is 12.4. The molecular formula is C35H40O17. The number of hydrogen-bond donors (Lipinski definition) is 6. The summed E-state index contributed by atoms with van der Waals surface area (Å²) in [6.45, 7) is -1.78. The van der Waals surface area contributed by atoms with Crippen molar-refractivity contribution in [3.8, 4) is 28.7 Å². The van der Waals surface area contributed by atoms with Crippen molar-refractivity contribution < 1.29 is 82.9 Å². The minimum Gasteiger partial charge on any atom is -0.508 e. The SMILES string of the molecule is COc1ccc(C(=O)OC[C@]2(O)CO[C@H](OC[C@@H]3O[C@H](Oc4ccc(COC(=O)c5ccc(O)cc5)cc4OC)[C@@H](O)[C@H](O)[C@H]3O)[C@H]2O)cc1OC. The van der Waals surface area contributed by atoms with E-state index in [0.29, 0.717) is 11.3 Å². The minimum absolute atomic E-state index is 0.00464. The summed E-state index contributed by atoms with van der Waals surface area (Å²) in [6, 6.07) is 14.4. The number of hydrogen-bond acceptors (Lipinski definition) is 17.